The predicted octanol–water partition coefficient (Wildman–Crippen LogP) is 1.98. The summed E-state index contributed by atoms with van der Waals surface area (Å²) in [5.41, 5.74) is 6.75. The van der Waals surface area contributed by atoms with Crippen LogP contribution in [0.4, 0.5) is 5.13 Å². The molecule has 0 radical (unpaired) electrons. The fourth-order valence-corrected chi connectivity index (χ4v) is 3.11. The lowest BCUT2D eigenvalue weighted by Gasteiger charge is -2.29. The molecule has 1 aromatic rings. The molecule has 5 heteroatoms. The third kappa shape index (κ3) is 2.97. The van der Waals surface area contributed by atoms with Crippen LogP contribution in [-0.2, 0) is 17.9 Å². The Bertz CT molecular complexity index is 359. The third-order valence-electron chi connectivity index (χ3n) is 3.29. The molecule has 2 N–H and O–H groups in total. The van der Waals surface area contributed by atoms with Gasteiger partial charge in [-0.25, -0.2) is 4.98 Å². The maximum Gasteiger partial charge on any atom is 0.185 e. The molecule has 0 amide bonds. The Labute approximate surface area is 107 Å². The average molecular weight is 255 g/mol. The number of hydrogen-bond acceptors (Lipinski definition) is 5. The molecule has 96 valence electrons. The van der Waals surface area contributed by atoms with Crippen LogP contribution in [0.15, 0.2) is 0 Å². The van der Waals surface area contributed by atoms with Crippen LogP contribution in [0.1, 0.15) is 30.3 Å². The summed E-state index contributed by atoms with van der Waals surface area (Å²) in [6, 6.07) is 0. The lowest BCUT2D eigenvalue weighted by atomic mass is 10.00. The van der Waals surface area contributed by atoms with E-state index in [2.05, 4.69) is 16.8 Å². The Morgan fingerprint density at radius 3 is 2.76 bits per heavy atom. The van der Waals surface area contributed by atoms with E-state index in [-0.39, 0.29) is 0 Å². The first-order chi connectivity index (χ1) is 8.24. The fourth-order valence-electron chi connectivity index (χ4n) is 2.11. The highest BCUT2D eigenvalue weighted by molar-refractivity contribution is 7.15. The van der Waals surface area contributed by atoms with E-state index in [4.69, 9.17) is 10.5 Å². The van der Waals surface area contributed by atoms with Gasteiger partial charge in [-0.3, -0.25) is 0 Å². The van der Waals surface area contributed by atoms with Crippen molar-refractivity contribution in [1.82, 2.24) is 4.98 Å². The van der Waals surface area contributed by atoms with Gasteiger partial charge in [0, 0.05) is 31.6 Å². The molecule has 17 heavy (non-hydrogen) atoms. The molecule has 0 unspecified atom stereocenters. The van der Waals surface area contributed by atoms with Crippen LogP contribution >= 0.6 is 11.3 Å². The summed E-state index contributed by atoms with van der Waals surface area (Å²) in [5.74, 6) is 0.846. The van der Waals surface area contributed by atoms with Crippen LogP contribution in [0.2, 0.25) is 0 Å². The van der Waals surface area contributed by atoms with Crippen LogP contribution in [0, 0.1) is 5.92 Å². The van der Waals surface area contributed by atoms with Gasteiger partial charge in [0.1, 0.15) is 0 Å². The Morgan fingerprint density at radius 2 is 2.18 bits per heavy atom. The van der Waals surface area contributed by atoms with Crippen molar-refractivity contribution >= 4 is 16.5 Å². The van der Waals surface area contributed by atoms with Crippen LogP contribution in [0.25, 0.3) is 0 Å². The Hall–Kier alpha value is -0.650. The third-order valence-corrected chi connectivity index (χ3v) is 4.47. The second-order valence-corrected chi connectivity index (χ2v) is 5.74. The number of hydrogen-bond donors (Lipinski definition) is 1. The first-order valence-electron chi connectivity index (χ1n) is 6.17. The number of aromatic nitrogens is 1. The van der Waals surface area contributed by atoms with Gasteiger partial charge in [-0.05, 0) is 18.8 Å². The van der Waals surface area contributed by atoms with Gasteiger partial charge < -0.3 is 15.4 Å². The van der Waals surface area contributed by atoms with E-state index in [1.807, 2.05) is 0 Å². The lowest BCUT2D eigenvalue weighted by molar-refractivity contribution is 0.181. The molecule has 4 nitrogen and oxygen atoms in total. The zero-order valence-electron chi connectivity index (χ0n) is 10.6. The van der Waals surface area contributed by atoms with Gasteiger partial charge in [0.05, 0.1) is 12.3 Å². The summed E-state index contributed by atoms with van der Waals surface area (Å²) in [6.45, 7) is 5.67. The van der Waals surface area contributed by atoms with Crippen molar-refractivity contribution in [1.29, 1.82) is 0 Å². The van der Waals surface area contributed by atoms with E-state index in [0.29, 0.717) is 13.2 Å². The smallest absolute Gasteiger partial charge is 0.185 e. The summed E-state index contributed by atoms with van der Waals surface area (Å²) >= 11 is 1.72. The summed E-state index contributed by atoms with van der Waals surface area (Å²) in [6.07, 6.45) is 2.52. The summed E-state index contributed by atoms with van der Waals surface area (Å²) < 4.78 is 5.16. The molecule has 0 aliphatic carbocycles. The number of thiazole rings is 1. The van der Waals surface area contributed by atoms with Crippen molar-refractivity contribution in [2.75, 3.05) is 25.1 Å². The van der Waals surface area contributed by atoms with Gasteiger partial charge in [0.15, 0.2) is 5.13 Å². The minimum atomic E-state index is 0.556. The maximum absolute atomic E-state index is 5.74. The van der Waals surface area contributed by atoms with Crippen molar-refractivity contribution in [3.05, 3.63) is 10.6 Å². The highest BCUT2D eigenvalue weighted by Gasteiger charge is 2.20. The highest BCUT2D eigenvalue weighted by Crippen LogP contribution is 2.29. The van der Waals surface area contributed by atoms with Crippen LogP contribution < -0.4 is 10.6 Å². The number of nitrogens with zero attached hydrogens (tertiary/aromatic N) is 2. The van der Waals surface area contributed by atoms with E-state index in [1.54, 1.807) is 18.4 Å². The number of anilines is 1. The zero-order valence-corrected chi connectivity index (χ0v) is 11.4. The van der Waals surface area contributed by atoms with Crippen molar-refractivity contribution in [3.63, 3.8) is 0 Å². The molecule has 0 bridgehead atoms. The zero-order chi connectivity index (χ0) is 12.3. The molecule has 0 spiro atoms. The largest absolute Gasteiger partial charge is 0.378 e. The second kappa shape index (κ2) is 5.80. The number of methoxy groups -OCH3 is 1. The first-order valence-corrected chi connectivity index (χ1v) is 6.98. The minimum absolute atomic E-state index is 0.556. The molecule has 2 rings (SSSR count). The molecular formula is C12H21N3OS. The molecule has 1 aliphatic heterocycles. The second-order valence-electron chi connectivity index (χ2n) is 4.67. The Balaban J connectivity index is 2.10. The summed E-state index contributed by atoms with van der Waals surface area (Å²) in [4.78, 5) is 8.19. The topological polar surface area (TPSA) is 51.4 Å². The molecule has 1 aliphatic rings. The van der Waals surface area contributed by atoms with Crippen LogP contribution in [0.5, 0.6) is 0 Å². The molecule has 1 fully saturated rings. The van der Waals surface area contributed by atoms with Crippen molar-refractivity contribution in [3.8, 4) is 0 Å². The average Bonchev–Trinajstić information content (AvgIpc) is 2.74. The highest BCUT2D eigenvalue weighted by atomic mass is 32.1. The molecule has 0 aromatic carbocycles. The lowest BCUT2D eigenvalue weighted by Crippen LogP contribution is -2.32. The molecule has 0 saturated carbocycles. The van der Waals surface area contributed by atoms with Gasteiger partial charge in [0.2, 0.25) is 0 Å². The van der Waals surface area contributed by atoms with Gasteiger partial charge >= 0.3 is 0 Å². The molecule has 1 saturated heterocycles. The van der Waals surface area contributed by atoms with Crippen molar-refractivity contribution in [2.24, 2.45) is 11.7 Å². The summed E-state index contributed by atoms with van der Waals surface area (Å²) in [7, 11) is 1.70. The van der Waals surface area contributed by atoms with Gasteiger partial charge in [-0.2, -0.15) is 0 Å². The van der Waals surface area contributed by atoms with E-state index >= 15 is 0 Å². The summed E-state index contributed by atoms with van der Waals surface area (Å²) in [5, 5.41) is 1.12. The number of piperidine rings is 1. The number of ether oxygens (including phenoxy) is 1. The normalized spacial score (nSPS) is 17.7. The molecular weight excluding hydrogens is 234 g/mol. The quantitative estimate of drug-likeness (QED) is 0.894. The van der Waals surface area contributed by atoms with Gasteiger partial charge in [-0.15, -0.1) is 11.3 Å². The molecule has 0 atom stereocenters. The maximum atomic E-state index is 5.74. The van der Waals surface area contributed by atoms with E-state index in [9.17, 15) is 0 Å². The number of rotatable bonds is 4. The Kier molecular flexibility index (Phi) is 4.36. The van der Waals surface area contributed by atoms with E-state index in [0.717, 1.165) is 34.7 Å². The SMILES string of the molecule is COCc1nc(N2CCC(C)CC2)sc1CN. The van der Waals surface area contributed by atoms with E-state index < -0.39 is 0 Å². The Morgan fingerprint density at radius 1 is 1.47 bits per heavy atom. The molecule has 1 aromatic heterocycles. The minimum Gasteiger partial charge on any atom is -0.378 e. The van der Waals surface area contributed by atoms with E-state index in [1.165, 1.54) is 12.8 Å². The van der Waals surface area contributed by atoms with Crippen LogP contribution in [-0.4, -0.2) is 25.2 Å². The first kappa shape index (κ1) is 12.8. The standard InChI is InChI=1S/C12H21N3OS/c1-9-3-5-15(6-4-9)12-14-10(8-16-2)11(7-13)17-12/h9H,3-8,13H2,1-2H3. The monoisotopic (exact) mass is 255 g/mol. The fraction of sp³-hybridized carbons (Fsp3) is 0.750. The predicted molar refractivity (Wildman–Crippen MR) is 71.3 cm³/mol. The van der Waals surface area contributed by atoms with Crippen LogP contribution in [0.3, 0.4) is 0 Å². The number of nitrogens with two attached hydrogens (primary N) is 1. The van der Waals surface area contributed by atoms with Gasteiger partial charge in [-0.1, -0.05) is 6.92 Å². The van der Waals surface area contributed by atoms with Gasteiger partial charge in [0.25, 0.3) is 0 Å². The molecule has 2 heterocycles. The van der Waals surface area contributed by atoms with Crippen molar-refractivity contribution in [2.45, 2.75) is 32.9 Å². The van der Waals surface area contributed by atoms with Crippen molar-refractivity contribution < 1.29 is 4.74 Å².